The van der Waals surface area contributed by atoms with Gasteiger partial charge in [-0.2, -0.15) is 0 Å². The maximum atomic E-state index is 12.0. The Hall–Kier alpha value is -0.950. The average Bonchev–Trinajstić information content (AvgIpc) is 3.04. The van der Waals surface area contributed by atoms with E-state index in [2.05, 4.69) is 15.6 Å². The van der Waals surface area contributed by atoms with E-state index in [-0.39, 0.29) is 11.9 Å². The minimum Gasteiger partial charge on any atom is -0.349 e. The van der Waals surface area contributed by atoms with Gasteiger partial charge in [-0.3, -0.25) is 4.79 Å². The number of halogens is 1. The second-order valence-electron chi connectivity index (χ2n) is 4.31. The first-order valence-electron chi connectivity index (χ1n) is 6.33. The van der Waals surface area contributed by atoms with Crippen LogP contribution in [0.25, 0.3) is 9.88 Å². The molecule has 0 unspecified atom stereocenters. The van der Waals surface area contributed by atoms with E-state index in [9.17, 15) is 4.79 Å². The molecule has 0 saturated heterocycles. The van der Waals surface area contributed by atoms with Crippen LogP contribution < -0.4 is 10.6 Å². The molecule has 0 bridgehead atoms. The van der Waals surface area contributed by atoms with Crippen LogP contribution in [0.5, 0.6) is 0 Å². The highest BCUT2D eigenvalue weighted by Crippen LogP contribution is 2.32. The van der Waals surface area contributed by atoms with Gasteiger partial charge in [-0.05, 0) is 25.6 Å². The molecule has 0 radical (unpaired) electrons. The fraction of sp³-hybridized carbons (Fsp3) is 0.385. The van der Waals surface area contributed by atoms with Gasteiger partial charge in [0.2, 0.25) is 0 Å². The molecule has 1 amide bonds. The van der Waals surface area contributed by atoms with Gasteiger partial charge < -0.3 is 10.6 Å². The Labute approximate surface area is 131 Å². The van der Waals surface area contributed by atoms with Gasteiger partial charge in [0.1, 0.15) is 10.7 Å². The number of likely N-dealkylation sites (N-methyl/N-ethyl adjacent to an activating group) is 1. The molecule has 2 aromatic rings. The fourth-order valence-electron chi connectivity index (χ4n) is 1.68. The van der Waals surface area contributed by atoms with Crippen LogP contribution in [0.15, 0.2) is 17.5 Å². The smallest absolute Gasteiger partial charge is 0.270 e. The molecule has 20 heavy (non-hydrogen) atoms. The molecule has 2 rings (SSSR count). The van der Waals surface area contributed by atoms with Gasteiger partial charge in [-0.15, -0.1) is 22.7 Å². The molecule has 1 atom stereocenters. The molecule has 0 aliphatic rings. The minimum absolute atomic E-state index is 0.139. The summed E-state index contributed by atoms with van der Waals surface area (Å²) in [6.07, 6.45) is 0. The zero-order chi connectivity index (χ0) is 14.5. The van der Waals surface area contributed by atoms with Gasteiger partial charge in [-0.25, -0.2) is 4.98 Å². The van der Waals surface area contributed by atoms with Crippen molar-refractivity contribution in [1.82, 2.24) is 15.6 Å². The highest BCUT2D eigenvalue weighted by Gasteiger charge is 2.13. The van der Waals surface area contributed by atoms with Gasteiger partial charge >= 0.3 is 0 Å². The van der Waals surface area contributed by atoms with Gasteiger partial charge in [0.25, 0.3) is 5.91 Å². The monoisotopic (exact) mass is 329 g/mol. The lowest BCUT2D eigenvalue weighted by molar-refractivity contribution is 0.0946. The van der Waals surface area contributed by atoms with Crippen molar-refractivity contribution in [3.8, 4) is 9.88 Å². The van der Waals surface area contributed by atoms with Crippen molar-refractivity contribution in [2.45, 2.75) is 19.9 Å². The summed E-state index contributed by atoms with van der Waals surface area (Å²) >= 11 is 8.82. The molecule has 0 saturated carbocycles. The average molecular weight is 330 g/mol. The number of carbonyl (C=O) groups is 1. The van der Waals surface area contributed by atoms with E-state index < -0.39 is 0 Å². The van der Waals surface area contributed by atoms with Crippen molar-refractivity contribution in [2.75, 3.05) is 13.1 Å². The van der Waals surface area contributed by atoms with Crippen LogP contribution in [0, 0.1) is 0 Å². The summed E-state index contributed by atoms with van der Waals surface area (Å²) in [6.45, 7) is 5.54. The third kappa shape index (κ3) is 4.02. The molecule has 108 valence electrons. The SMILES string of the molecule is CCN[C@H](C)CNC(=O)c1csc(-c2ccc(Cl)s2)n1. The highest BCUT2D eigenvalue weighted by molar-refractivity contribution is 7.23. The minimum atomic E-state index is -0.139. The molecule has 0 spiro atoms. The number of thiazole rings is 1. The van der Waals surface area contributed by atoms with Gasteiger partial charge in [0.15, 0.2) is 0 Å². The van der Waals surface area contributed by atoms with E-state index in [4.69, 9.17) is 11.6 Å². The highest BCUT2D eigenvalue weighted by atomic mass is 35.5. The first kappa shape index (κ1) is 15.4. The quantitative estimate of drug-likeness (QED) is 0.855. The summed E-state index contributed by atoms with van der Waals surface area (Å²) in [5.74, 6) is -0.139. The Morgan fingerprint density at radius 3 is 2.95 bits per heavy atom. The number of hydrogen-bond acceptors (Lipinski definition) is 5. The van der Waals surface area contributed by atoms with Crippen LogP contribution in [0.3, 0.4) is 0 Å². The number of hydrogen-bond donors (Lipinski definition) is 2. The lowest BCUT2D eigenvalue weighted by Crippen LogP contribution is -2.38. The van der Waals surface area contributed by atoms with Gasteiger partial charge in [-0.1, -0.05) is 18.5 Å². The van der Waals surface area contributed by atoms with Gasteiger partial charge in [0.05, 0.1) is 9.21 Å². The Kier molecular flexibility index (Phi) is 5.54. The van der Waals surface area contributed by atoms with Crippen molar-refractivity contribution < 1.29 is 4.79 Å². The number of nitrogens with one attached hydrogen (secondary N) is 2. The van der Waals surface area contributed by atoms with Crippen molar-refractivity contribution >= 4 is 40.2 Å². The van der Waals surface area contributed by atoms with E-state index in [1.165, 1.54) is 22.7 Å². The zero-order valence-corrected chi connectivity index (χ0v) is 13.7. The maximum Gasteiger partial charge on any atom is 0.270 e. The van der Waals surface area contributed by atoms with Crippen LogP contribution >= 0.6 is 34.3 Å². The number of rotatable bonds is 6. The summed E-state index contributed by atoms with van der Waals surface area (Å²) in [7, 11) is 0. The van der Waals surface area contributed by atoms with E-state index in [1.54, 1.807) is 5.38 Å². The van der Waals surface area contributed by atoms with Crippen LogP contribution in [0.1, 0.15) is 24.3 Å². The van der Waals surface area contributed by atoms with Crippen LogP contribution in [0.4, 0.5) is 0 Å². The Bertz CT molecular complexity index is 582. The van der Waals surface area contributed by atoms with Crippen LogP contribution in [-0.2, 0) is 0 Å². The Morgan fingerprint density at radius 2 is 2.30 bits per heavy atom. The number of amides is 1. The molecule has 4 nitrogen and oxygen atoms in total. The predicted molar refractivity (Wildman–Crippen MR) is 85.9 cm³/mol. The first-order valence-corrected chi connectivity index (χ1v) is 8.40. The lowest BCUT2D eigenvalue weighted by Gasteiger charge is -2.12. The third-order valence-corrected chi connectivity index (χ3v) is 4.88. The number of carbonyl (C=O) groups excluding carboxylic acids is 1. The van der Waals surface area contributed by atoms with Crippen LogP contribution in [0.2, 0.25) is 4.34 Å². The standard InChI is InChI=1S/C13H16ClN3OS2/c1-3-15-8(2)6-16-12(18)9-7-19-13(17-9)10-4-5-11(14)20-10/h4-5,7-8,15H,3,6H2,1-2H3,(H,16,18)/t8-/m1/s1. The molecular formula is C13H16ClN3OS2. The lowest BCUT2D eigenvalue weighted by atomic mass is 10.3. The zero-order valence-electron chi connectivity index (χ0n) is 11.3. The number of nitrogens with zero attached hydrogens (tertiary/aromatic N) is 1. The molecule has 0 aliphatic heterocycles. The fourth-order valence-corrected chi connectivity index (χ4v) is 3.59. The largest absolute Gasteiger partial charge is 0.349 e. The summed E-state index contributed by atoms with van der Waals surface area (Å²) in [4.78, 5) is 17.3. The summed E-state index contributed by atoms with van der Waals surface area (Å²) in [5, 5.41) is 8.71. The van der Waals surface area contributed by atoms with Gasteiger partial charge in [0, 0.05) is 18.0 Å². The molecule has 7 heteroatoms. The molecule has 2 aromatic heterocycles. The molecular weight excluding hydrogens is 314 g/mol. The van der Waals surface area contributed by atoms with E-state index in [1.807, 2.05) is 26.0 Å². The Morgan fingerprint density at radius 1 is 1.50 bits per heavy atom. The molecule has 2 heterocycles. The van der Waals surface area contributed by atoms with E-state index in [0.717, 1.165) is 20.8 Å². The summed E-state index contributed by atoms with van der Waals surface area (Å²) < 4.78 is 0.723. The topological polar surface area (TPSA) is 54.0 Å². The summed E-state index contributed by atoms with van der Waals surface area (Å²) in [5.41, 5.74) is 0.457. The molecule has 2 N–H and O–H groups in total. The normalized spacial score (nSPS) is 12.3. The summed E-state index contributed by atoms with van der Waals surface area (Å²) in [6, 6.07) is 4.00. The molecule has 0 aromatic carbocycles. The number of aromatic nitrogens is 1. The van der Waals surface area contributed by atoms with Crippen molar-refractivity contribution in [1.29, 1.82) is 0 Å². The van der Waals surface area contributed by atoms with E-state index in [0.29, 0.717) is 12.2 Å². The third-order valence-electron chi connectivity index (χ3n) is 2.64. The number of thiophene rings is 1. The van der Waals surface area contributed by atoms with Crippen molar-refractivity contribution in [3.05, 3.63) is 27.5 Å². The van der Waals surface area contributed by atoms with Crippen molar-refractivity contribution in [3.63, 3.8) is 0 Å². The molecule has 0 fully saturated rings. The first-order chi connectivity index (χ1) is 9.60. The maximum absolute atomic E-state index is 12.0. The Balaban J connectivity index is 1.96. The van der Waals surface area contributed by atoms with Crippen LogP contribution in [-0.4, -0.2) is 30.0 Å². The van der Waals surface area contributed by atoms with E-state index >= 15 is 0 Å². The van der Waals surface area contributed by atoms with Crippen molar-refractivity contribution in [2.24, 2.45) is 0 Å². The second kappa shape index (κ2) is 7.17. The predicted octanol–water partition coefficient (Wildman–Crippen LogP) is 3.25. The second-order valence-corrected chi connectivity index (χ2v) is 6.88. The molecule has 0 aliphatic carbocycles.